The molecule has 2 aliphatic rings. The van der Waals surface area contributed by atoms with E-state index in [0.29, 0.717) is 25.6 Å². The first-order valence-corrected chi connectivity index (χ1v) is 7.91. The summed E-state index contributed by atoms with van der Waals surface area (Å²) in [5, 5.41) is 3.09. The molecule has 1 unspecified atom stereocenters. The normalized spacial score (nSPS) is 19.3. The van der Waals surface area contributed by atoms with E-state index in [0.717, 1.165) is 17.1 Å². The number of hydrogen-bond acceptors (Lipinski definition) is 3. The Labute approximate surface area is 125 Å². The first-order valence-electron chi connectivity index (χ1n) is 7.91. The molecule has 1 amide bonds. The van der Waals surface area contributed by atoms with Gasteiger partial charge in [0.15, 0.2) is 11.5 Å². The summed E-state index contributed by atoms with van der Waals surface area (Å²) in [6, 6.07) is 5.88. The van der Waals surface area contributed by atoms with Crippen molar-refractivity contribution >= 4 is 5.91 Å². The summed E-state index contributed by atoms with van der Waals surface area (Å²) in [6.07, 6.45) is 5.61. The van der Waals surface area contributed by atoms with Gasteiger partial charge < -0.3 is 14.8 Å². The lowest BCUT2D eigenvalue weighted by Crippen LogP contribution is -2.28. The van der Waals surface area contributed by atoms with Crippen molar-refractivity contribution in [3.05, 3.63) is 23.8 Å². The zero-order valence-electron chi connectivity index (χ0n) is 12.6. The standard InChI is InChI=1S/C17H23NO3/c1-12(18-17(19)10-13-4-2-3-5-13)14-6-7-15-16(11-14)21-9-8-20-15/h6-7,11-13H,2-5,8-10H2,1H3,(H,18,19). The number of benzene rings is 1. The van der Waals surface area contributed by atoms with Crippen molar-refractivity contribution in [2.75, 3.05) is 13.2 Å². The average Bonchev–Trinajstić information content (AvgIpc) is 2.99. The van der Waals surface area contributed by atoms with E-state index in [-0.39, 0.29) is 11.9 Å². The molecule has 1 aliphatic carbocycles. The number of fused-ring (bicyclic) bond motifs is 1. The molecule has 4 heteroatoms. The van der Waals surface area contributed by atoms with Crippen LogP contribution in [-0.4, -0.2) is 19.1 Å². The summed E-state index contributed by atoms with van der Waals surface area (Å²) in [6.45, 7) is 3.19. The molecule has 0 spiro atoms. The largest absolute Gasteiger partial charge is 0.486 e. The van der Waals surface area contributed by atoms with Gasteiger partial charge in [-0.2, -0.15) is 0 Å². The summed E-state index contributed by atoms with van der Waals surface area (Å²) in [7, 11) is 0. The molecule has 0 radical (unpaired) electrons. The van der Waals surface area contributed by atoms with Crippen molar-refractivity contribution in [1.29, 1.82) is 0 Å². The Morgan fingerprint density at radius 1 is 1.24 bits per heavy atom. The van der Waals surface area contributed by atoms with E-state index in [1.165, 1.54) is 25.7 Å². The topological polar surface area (TPSA) is 47.6 Å². The molecule has 0 bridgehead atoms. The fraction of sp³-hybridized carbons (Fsp3) is 0.588. The van der Waals surface area contributed by atoms with Crippen LogP contribution in [-0.2, 0) is 4.79 Å². The third kappa shape index (κ3) is 3.49. The molecule has 1 N–H and O–H groups in total. The molecule has 1 heterocycles. The predicted octanol–water partition coefficient (Wildman–Crippen LogP) is 3.22. The average molecular weight is 289 g/mol. The predicted molar refractivity (Wildman–Crippen MR) is 80.6 cm³/mol. The molecule has 21 heavy (non-hydrogen) atoms. The molecular formula is C17H23NO3. The number of carbonyl (C=O) groups is 1. The van der Waals surface area contributed by atoms with Gasteiger partial charge in [-0.15, -0.1) is 0 Å². The van der Waals surface area contributed by atoms with Crippen molar-refractivity contribution in [3.63, 3.8) is 0 Å². The molecule has 1 aromatic rings. The second-order valence-corrected chi connectivity index (χ2v) is 6.05. The second-order valence-electron chi connectivity index (χ2n) is 6.05. The first-order chi connectivity index (χ1) is 10.2. The van der Waals surface area contributed by atoms with Gasteiger partial charge in [0.2, 0.25) is 5.91 Å². The highest BCUT2D eigenvalue weighted by atomic mass is 16.6. The zero-order valence-corrected chi connectivity index (χ0v) is 12.6. The van der Waals surface area contributed by atoms with E-state index in [4.69, 9.17) is 9.47 Å². The summed E-state index contributed by atoms with van der Waals surface area (Å²) in [4.78, 5) is 12.1. The van der Waals surface area contributed by atoms with E-state index in [1.54, 1.807) is 0 Å². The summed E-state index contributed by atoms with van der Waals surface area (Å²) < 4.78 is 11.1. The molecule has 0 aromatic heterocycles. The number of nitrogens with one attached hydrogen (secondary N) is 1. The van der Waals surface area contributed by atoms with Gasteiger partial charge in [-0.1, -0.05) is 18.9 Å². The minimum absolute atomic E-state index is 0.00488. The van der Waals surface area contributed by atoms with Crippen molar-refractivity contribution in [3.8, 4) is 11.5 Å². The highest BCUT2D eigenvalue weighted by Crippen LogP contribution is 2.33. The fourth-order valence-corrected chi connectivity index (χ4v) is 3.19. The van der Waals surface area contributed by atoms with Crippen LogP contribution in [0.1, 0.15) is 50.6 Å². The minimum Gasteiger partial charge on any atom is -0.486 e. The van der Waals surface area contributed by atoms with E-state index >= 15 is 0 Å². The number of rotatable bonds is 4. The third-order valence-corrected chi connectivity index (χ3v) is 4.39. The maximum atomic E-state index is 12.1. The molecule has 0 saturated heterocycles. The first kappa shape index (κ1) is 14.2. The second kappa shape index (κ2) is 6.37. The Hall–Kier alpha value is -1.71. The van der Waals surface area contributed by atoms with E-state index in [1.807, 2.05) is 25.1 Å². The molecule has 1 aliphatic heterocycles. The molecule has 3 rings (SSSR count). The Balaban J connectivity index is 1.59. The van der Waals surface area contributed by atoms with E-state index in [2.05, 4.69) is 5.32 Å². The van der Waals surface area contributed by atoms with E-state index < -0.39 is 0 Å². The zero-order chi connectivity index (χ0) is 14.7. The van der Waals surface area contributed by atoms with Gasteiger partial charge in [-0.25, -0.2) is 0 Å². The number of amides is 1. The summed E-state index contributed by atoms with van der Waals surface area (Å²) in [5.41, 5.74) is 1.05. The molecule has 1 fully saturated rings. The molecule has 1 aromatic carbocycles. The van der Waals surface area contributed by atoms with Gasteiger partial charge in [-0.3, -0.25) is 4.79 Å². The monoisotopic (exact) mass is 289 g/mol. The van der Waals surface area contributed by atoms with Crippen molar-refractivity contribution in [1.82, 2.24) is 5.32 Å². The molecule has 1 atom stereocenters. The Morgan fingerprint density at radius 2 is 1.95 bits per heavy atom. The number of ether oxygens (including phenoxy) is 2. The van der Waals surface area contributed by atoms with Crippen LogP contribution >= 0.6 is 0 Å². The number of hydrogen-bond donors (Lipinski definition) is 1. The van der Waals surface area contributed by atoms with Crippen LogP contribution < -0.4 is 14.8 Å². The highest BCUT2D eigenvalue weighted by molar-refractivity contribution is 5.76. The van der Waals surface area contributed by atoms with Crippen LogP contribution in [0.15, 0.2) is 18.2 Å². The van der Waals surface area contributed by atoms with Gasteiger partial charge in [0.1, 0.15) is 13.2 Å². The maximum absolute atomic E-state index is 12.1. The SMILES string of the molecule is CC(NC(=O)CC1CCCC1)c1ccc2c(c1)OCCO2. The molecule has 1 saturated carbocycles. The summed E-state index contributed by atoms with van der Waals surface area (Å²) in [5.74, 6) is 2.30. The minimum atomic E-state index is -0.00488. The van der Waals surface area contributed by atoms with Gasteiger partial charge in [-0.05, 0) is 43.4 Å². The van der Waals surface area contributed by atoms with Crippen LogP contribution in [0.25, 0.3) is 0 Å². The Bertz CT molecular complexity index is 509. The number of carbonyl (C=O) groups excluding carboxylic acids is 1. The van der Waals surface area contributed by atoms with Crippen LogP contribution in [0.4, 0.5) is 0 Å². The molecule has 4 nitrogen and oxygen atoms in total. The quantitative estimate of drug-likeness (QED) is 0.926. The molecular weight excluding hydrogens is 266 g/mol. The maximum Gasteiger partial charge on any atom is 0.220 e. The summed E-state index contributed by atoms with van der Waals surface area (Å²) >= 11 is 0. The lowest BCUT2D eigenvalue weighted by atomic mass is 10.0. The van der Waals surface area contributed by atoms with Crippen LogP contribution in [0.2, 0.25) is 0 Å². The van der Waals surface area contributed by atoms with Crippen molar-refractivity contribution in [2.24, 2.45) is 5.92 Å². The highest BCUT2D eigenvalue weighted by Gasteiger charge is 2.20. The van der Waals surface area contributed by atoms with Gasteiger partial charge >= 0.3 is 0 Å². The fourth-order valence-electron chi connectivity index (χ4n) is 3.19. The van der Waals surface area contributed by atoms with Crippen molar-refractivity contribution in [2.45, 2.75) is 45.1 Å². The molecule has 114 valence electrons. The van der Waals surface area contributed by atoms with Crippen LogP contribution in [0.5, 0.6) is 11.5 Å². The third-order valence-electron chi connectivity index (χ3n) is 4.39. The van der Waals surface area contributed by atoms with Gasteiger partial charge in [0.25, 0.3) is 0 Å². The lowest BCUT2D eigenvalue weighted by Gasteiger charge is -2.21. The Kier molecular flexibility index (Phi) is 4.32. The van der Waals surface area contributed by atoms with Crippen LogP contribution in [0, 0.1) is 5.92 Å². The smallest absolute Gasteiger partial charge is 0.220 e. The Morgan fingerprint density at radius 3 is 2.71 bits per heavy atom. The van der Waals surface area contributed by atoms with E-state index in [9.17, 15) is 4.79 Å². The van der Waals surface area contributed by atoms with Gasteiger partial charge in [0, 0.05) is 6.42 Å². The van der Waals surface area contributed by atoms with Gasteiger partial charge in [0.05, 0.1) is 6.04 Å². The van der Waals surface area contributed by atoms with Crippen molar-refractivity contribution < 1.29 is 14.3 Å². The van der Waals surface area contributed by atoms with Crippen LogP contribution in [0.3, 0.4) is 0 Å². The lowest BCUT2D eigenvalue weighted by molar-refractivity contribution is -0.122.